The Morgan fingerprint density at radius 3 is 2.37 bits per heavy atom. The SMILES string of the molecule is C[N+]1(C)[C@@H]2CC[C@H]1CC(OC(=O)N(Cc1ccccc1)c1cccs1)C2.[Br-]. The van der Waals surface area contributed by atoms with Crippen LogP contribution in [0.1, 0.15) is 31.2 Å². The predicted molar refractivity (Wildman–Crippen MR) is 105 cm³/mol. The van der Waals surface area contributed by atoms with Gasteiger partial charge in [-0.05, 0) is 23.1 Å². The molecule has 2 aliphatic rings. The molecule has 4 nitrogen and oxygen atoms in total. The highest BCUT2D eigenvalue weighted by Crippen LogP contribution is 2.40. The molecule has 1 unspecified atom stereocenters. The molecule has 6 heteroatoms. The van der Waals surface area contributed by atoms with E-state index in [0.29, 0.717) is 18.6 Å². The van der Waals surface area contributed by atoms with Crippen molar-refractivity contribution in [3.8, 4) is 0 Å². The lowest BCUT2D eigenvalue weighted by Crippen LogP contribution is -3.00. The van der Waals surface area contributed by atoms with Gasteiger partial charge < -0.3 is 26.2 Å². The molecule has 1 amide bonds. The van der Waals surface area contributed by atoms with Crippen molar-refractivity contribution in [3.63, 3.8) is 0 Å². The van der Waals surface area contributed by atoms with Crippen molar-refractivity contribution in [1.82, 2.24) is 0 Å². The average Bonchev–Trinajstić information content (AvgIpc) is 3.17. The van der Waals surface area contributed by atoms with Crippen molar-refractivity contribution in [1.29, 1.82) is 0 Å². The lowest BCUT2D eigenvalue weighted by molar-refractivity contribution is -0.931. The summed E-state index contributed by atoms with van der Waals surface area (Å²) in [5.41, 5.74) is 1.11. The molecular weight excluding hydrogens is 424 g/mol. The number of hydrogen-bond donors (Lipinski definition) is 0. The number of halogens is 1. The number of piperidine rings is 1. The topological polar surface area (TPSA) is 29.5 Å². The number of rotatable bonds is 4. The van der Waals surface area contributed by atoms with E-state index < -0.39 is 0 Å². The van der Waals surface area contributed by atoms with E-state index in [2.05, 4.69) is 26.2 Å². The first-order valence-corrected chi connectivity index (χ1v) is 10.3. The third kappa shape index (κ3) is 4.23. The van der Waals surface area contributed by atoms with E-state index in [-0.39, 0.29) is 29.2 Å². The number of amides is 1. The number of ether oxygens (including phenoxy) is 1. The second-order valence-corrected chi connectivity index (χ2v) is 8.94. The minimum absolute atomic E-state index is 0. The van der Waals surface area contributed by atoms with Gasteiger partial charge in [-0.2, -0.15) is 0 Å². The van der Waals surface area contributed by atoms with Crippen LogP contribution in [0.3, 0.4) is 0 Å². The van der Waals surface area contributed by atoms with Crippen LogP contribution in [0.15, 0.2) is 47.8 Å². The van der Waals surface area contributed by atoms with E-state index in [0.717, 1.165) is 27.9 Å². The fourth-order valence-electron chi connectivity index (χ4n) is 4.55. The van der Waals surface area contributed by atoms with Crippen LogP contribution >= 0.6 is 11.3 Å². The predicted octanol–water partition coefficient (Wildman–Crippen LogP) is 1.67. The minimum atomic E-state index is -0.215. The van der Waals surface area contributed by atoms with Crippen molar-refractivity contribution in [2.75, 3.05) is 19.0 Å². The zero-order valence-corrected chi connectivity index (χ0v) is 18.3. The van der Waals surface area contributed by atoms with E-state index in [9.17, 15) is 4.79 Å². The zero-order chi connectivity index (χ0) is 18.1. The Kier molecular flexibility index (Phi) is 6.28. The first kappa shape index (κ1) is 20.4. The maximum Gasteiger partial charge on any atom is 0.415 e. The zero-order valence-electron chi connectivity index (χ0n) is 15.9. The van der Waals surface area contributed by atoms with Crippen LogP contribution in [0.4, 0.5) is 9.80 Å². The highest BCUT2D eigenvalue weighted by Gasteiger charge is 2.50. The van der Waals surface area contributed by atoms with Gasteiger partial charge in [0.25, 0.3) is 0 Å². The monoisotopic (exact) mass is 450 g/mol. The molecule has 0 N–H and O–H groups in total. The van der Waals surface area contributed by atoms with Crippen molar-refractivity contribution in [2.45, 2.75) is 50.4 Å². The summed E-state index contributed by atoms with van der Waals surface area (Å²) >= 11 is 1.58. The number of anilines is 1. The molecule has 2 aliphatic heterocycles. The standard InChI is InChI=1S/C21H27N2O2S.BrH/c1-23(2)17-10-11-18(23)14-19(13-17)25-21(24)22(20-9-6-12-26-20)15-16-7-4-3-5-8-16;/h3-9,12,17-19H,10-11,13-15H2,1-2H3;1H/q+1;/p-1/t17-,18+,19?;. The first-order valence-electron chi connectivity index (χ1n) is 9.43. The fourth-order valence-corrected chi connectivity index (χ4v) is 5.27. The molecule has 2 fully saturated rings. The Labute approximate surface area is 176 Å². The molecule has 3 heterocycles. The van der Waals surface area contributed by atoms with Crippen molar-refractivity contribution in [2.24, 2.45) is 0 Å². The maximum absolute atomic E-state index is 13.0. The number of hydrogen-bond acceptors (Lipinski definition) is 3. The number of carbonyl (C=O) groups excluding carboxylic acids is 1. The molecule has 1 aromatic carbocycles. The van der Waals surface area contributed by atoms with Gasteiger partial charge in [-0.3, -0.25) is 4.90 Å². The molecule has 0 spiro atoms. The summed E-state index contributed by atoms with van der Waals surface area (Å²) in [6, 6.07) is 15.3. The largest absolute Gasteiger partial charge is 1.00 e. The molecule has 2 saturated heterocycles. The lowest BCUT2D eigenvalue weighted by atomic mass is 9.98. The highest BCUT2D eigenvalue weighted by atomic mass is 79.9. The van der Waals surface area contributed by atoms with E-state index in [1.54, 1.807) is 16.2 Å². The van der Waals surface area contributed by atoms with Gasteiger partial charge in [0.1, 0.15) is 11.1 Å². The summed E-state index contributed by atoms with van der Waals surface area (Å²) in [5.74, 6) is 0. The Hall–Kier alpha value is -1.37. The summed E-state index contributed by atoms with van der Waals surface area (Å²) in [6.07, 6.45) is 4.31. The number of nitrogens with zero attached hydrogens (tertiary/aromatic N) is 2. The van der Waals surface area contributed by atoms with E-state index in [1.165, 1.54) is 12.8 Å². The van der Waals surface area contributed by atoms with E-state index in [1.807, 2.05) is 35.7 Å². The molecule has 146 valence electrons. The summed E-state index contributed by atoms with van der Waals surface area (Å²) < 4.78 is 7.10. The molecular formula is C21H27BrN2O2S. The molecule has 1 aromatic heterocycles. The Balaban J connectivity index is 0.00000210. The molecule has 4 rings (SSSR count). The molecule has 3 atom stereocenters. The summed E-state index contributed by atoms with van der Waals surface area (Å²) in [7, 11) is 4.65. The van der Waals surface area contributed by atoms with Crippen LogP contribution in [0.2, 0.25) is 0 Å². The first-order chi connectivity index (χ1) is 12.5. The van der Waals surface area contributed by atoms with E-state index >= 15 is 0 Å². The maximum atomic E-state index is 13.0. The van der Waals surface area contributed by atoms with Gasteiger partial charge in [0.05, 0.1) is 32.7 Å². The minimum Gasteiger partial charge on any atom is -1.00 e. The number of fused-ring (bicyclic) bond motifs is 2. The lowest BCUT2D eigenvalue weighted by Gasteiger charge is -2.44. The average molecular weight is 451 g/mol. The molecule has 0 aliphatic carbocycles. The normalized spacial score (nSPS) is 25.5. The third-order valence-corrected chi connectivity index (χ3v) is 7.12. The van der Waals surface area contributed by atoms with Gasteiger partial charge in [0.15, 0.2) is 0 Å². The number of thiophene rings is 1. The summed E-state index contributed by atoms with van der Waals surface area (Å²) in [6.45, 7) is 0.543. The van der Waals surface area contributed by atoms with Crippen molar-refractivity contribution >= 4 is 22.4 Å². The number of benzene rings is 1. The van der Waals surface area contributed by atoms with Gasteiger partial charge in [-0.15, -0.1) is 11.3 Å². The summed E-state index contributed by atoms with van der Waals surface area (Å²) in [5, 5.41) is 2.94. The van der Waals surface area contributed by atoms with Crippen LogP contribution in [0.5, 0.6) is 0 Å². The Morgan fingerprint density at radius 1 is 1.11 bits per heavy atom. The molecule has 2 bridgehead atoms. The second kappa shape index (κ2) is 8.33. The number of quaternary nitrogens is 1. The van der Waals surface area contributed by atoms with Crippen molar-refractivity contribution in [3.05, 3.63) is 53.4 Å². The van der Waals surface area contributed by atoms with Gasteiger partial charge in [-0.25, -0.2) is 4.79 Å². The van der Waals surface area contributed by atoms with Crippen molar-refractivity contribution < 1.29 is 31.0 Å². The molecule has 0 saturated carbocycles. The highest BCUT2D eigenvalue weighted by molar-refractivity contribution is 7.14. The van der Waals surface area contributed by atoms with Crippen LogP contribution in [-0.2, 0) is 11.3 Å². The molecule has 2 aromatic rings. The summed E-state index contributed by atoms with van der Waals surface area (Å²) in [4.78, 5) is 14.8. The molecule has 0 radical (unpaired) electrons. The van der Waals surface area contributed by atoms with Gasteiger partial charge in [0.2, 0.25) is 0 Å². The quantitative estimate of drug-likeness (QED) is 0.662. The van der Waals surface area contributed by atoms with Gasteiger partial charge in [-0.1, -0.05) is 30.3 Å². The van der Waals surface area contributed by atoms with Gasteiger partial charge >= 0.3 is 6.09 Å². The number of carbonyl (C=O) groups is 1. The van der Waals surface area contributed by atoms with E-state index in [4.69, 9.17) is 4.74 Å². The smallest absolute Gasteiger partial charge is 0.415 e. The Morgan fingerprint density at radius 2 is 1.78 bits per heavy atom. The van der Waals surface area contributed by atoms with Crippen LogP contribution < -0.4 is 21.9 Å². The Bertz CT molecular complexity index is 735. The van der Waals surface area contributed by atoms with Crippen LogP contribution in [0, 0.1) is 0 Å². The second-order valence-electron chi connectivity index (χ2n) is 8.01. The third-order valence-electron chi connectivity index (χ3n) is 6.23. The van der Waals surface area contributed by atoms with Gasteiger partial charge in [0, 0.05) is 25.7 Å². The molecule has 27 heavy (non-hydrogen) atoms. The van der Waals surface area contributed by atoms with Crippen LogP contribution in [0.25, 0.3) is 0 Å². The fraction of sp³-hybridized carbons (Fsp3) is 0.476. The van der Waals surface area contributed by atoms with Crippen LogP contribution in [-0.4, -0.2) is 42.9 Å².